The van der Waals surface area contributed by atoms with Gasteiger partial charge in [-0.3, -0.25) is 0 Å². The molecular formula is C45H26N2O. The average Bonchev–Trinajstić information content (AvgIpc) is 3.40. The zero-order valence-corrected chi connectivity index (χ0v) is 25.8. The average molecular weight is 611 g/mol. The molecule has 3 nitrogen and oxygen atoms in total. The lowest BCUT2D eigenvalue weighted by Gasteiger charge is -2.16. The van der Waals surface area contributed by atoms with Crippen LogP contribution in [0.1, 0.15) is 0 Å². The Kier molecular flexibility index (Phi) is 5.11. The maximum Gasteiger partial charge on any atom is 0.135 e. The minimum absolute atomic E-state index is 0.901. The van der Waals surface area contributed by atoms with Crippen LogP contribution in [0.5, 0.6) is 0 Å². The number of rotatable bonds is 3. The molecular weight excluding hydrogens is 585 g/mol. The maximum absolute atomic E-state index is 6.65. The number of pyridine rings is 1. The summed E-state index contributed by atoms with van der Waals surface area (Å²) in [5.41, 5.74) is 9.50. The molecule has 0 unspecified atom stereocenters. The maximum atomic E-state index is 6.65. The van der Waals surface area contributed by atoms with Gasteiger partial charge in [-0.2, -0.15) is 0 Å². The Balaban J connectivity index is 1.24. The summed E-state index contributed by atoms with van der Waals surface area (Å²) in [6.07, 6.45) is 0. The van der Waals surface area contributed by atoms with Crippen LogP contribution >= 0.6 is 0 Å². The molecule has 0 aliphatic carbocycles. The first-order chi connectivity index (χ1) is 23.8. The van der Waals surface area contributed by atoms with E-state index in [-0.39, 0.29) is 0 Å². The van der Waals surface area contributed by atoms with Crippen LogP contribution in [0.2, 0.25) is 0 Å². The fraction of sp³-hybridized carbons (Fsp3) is 0. The van der Waals surface area contributed by atoms with Crippen LogP contribution in [-0.4, -0.2) is 9.55 Å². The van der Waals surface area contributed by atoms with E-state index in [2.05, 4.69) is 162 Å². The molecule has 3 aromatic heterocycles. The fourth-order valence-corrected chi connectivity index (χ4v) is 8.08. The topological polar surface area (TPSA) is 31.0 Å². The van der Waals surface area contributed by atoms with Crippen LogP contribution in [0.4, 0.5) is 0 Å². The monoisotopic (exact) mass is 610 g/mol. The highest BCUT2D eigenvalue weighted by atomic mass is 16.3. The molecule has 0 spiro atoms. The van der Waals surface area contributed by atoms with E-state index in [4.69, 9.17) is 9.40 Å². The van der Waals surface area contributed by atoms with E-state index in [1.54, 1.807) is 0 Å². The Morgan fingerprint density at radius 3 is 1.75 bits per heavy atom. The first-order valence-corrected chi connectivity index (χ1v) is 16.4. The molecule has 0 fully saturated rings. The number of benzene rings is 8. The second-order valence-electron chi connectivity index (χ2n) is 12.7. The lowest BCUT2D eigenvalue weighted by molar-refractivity contribution is 0.664. The molecule has 0 radical (unpaired) electrons. The van der Waals surface area contributed by atoms with Crippen molar-refractivity contribution in [2.24, 2.45) is 0 Å². The summed E-state index contributed by atoms with van der Waals surface area (Å²) in [5.74, 6) is 0. The highest BCUT2D eigenvalue weighted by Gasteiger charge is 2.23. The molecule has 0 atom stereocenters. The van der Waals surface area contributed by atoms with Crippen molar-refractivity contribution in [3.8, 4) is 28.2 Å². The van der Waals surface area contributed by atoms with Crippen LogP contribution < -0.4 is 0 Å². The minimum Gasteiger partial charge on any atom is -0.456 e. The Labute approximate surface area is 275 Å². The van der Waals surface area contributed by atoms with E-state index in [0.717, 1.165) is 55.5 Å². The molecule has 3 heteroatoms. The van der Waals surface area contributed by atoms with Gasteiger partial charge in [0.25, 0.3) is 0 Å². The number of nitrogens with zero attached hydrogens (tertiary/aromatic N) is 2. The summed E-state index contributed by atoms with van der Waals surface area (Å²) < 4.78 is 9.11. The minimum atomic E-state index is 0.901. The van der Waals surface area contributed by atoms with Gasteiger partial charge in [-0.25, -0.2) is 4.98 Å². The smallest absolute Gasteiger partial charge is 0.135 e. The fourth-order valence-electron chi connectivity index (χ4n) is 8.08. The van der Waals surface area contributed by atoms with Gasteiger partial charge in [-0.15, -0.1) is 0 Å². The number of fused-ring (bicyclic) bond motifs is 2. The predicted octanol–water partition coefficient (Wildman–Crippen LogP) is 12.3. The quantitative estimate of drug-likeness (QED) is 0.199. The van der Waals surface area contributed by atoms with Crippen molar-refractivity contribution in [2.75, 3.05) is 0 Å². The number of aromatic nitrogens is 2. The van der Waals surface area contributed by atoms with E-state index in [1.165, 1.54) is 48.7 Å². The van der Waals surface area contributed by atoms with Crippen molar-refractivity contribution >= 4 is 76.1 Å². The lowest BCUT2D eigenvalue weighted by atomic mass is 9.97. The molecule has 0 saturated carbocycles. The first kappa shape index (κ1) is 25.7. The highest BCUT2D eigenvalue weighted by Crippen LogP contribution is 2.46. The predicted molar refractivity (Wildman–Crippen MR) is 200 cm³/mol. The third kappa shape index (κ3) is 3.45. The summed E-state index contributed by atoms with van der Waals surface area (Å²) in [6.45, 7) is 0. The van der Waals surface area contributed by atoms with Crippen LogP contribution in [0.3, 0.4) is 0 Å². The molecule has 0 aliphatic heterocycles. The first-order valence-electron chi connectivity index (χ1n) is 16.4. The van der Waals surface area contributed by atoms with Gasteiger partial charge in [0.1, 0.15) is 11.2 Å². The Morgan fingerprint density at radius 2 is 1.04 bits per heavy atom. The van der Waals surface area contributed by atoms with Crippen LogP contribution in [0.25, 0.3) is 104 Å². The number of hydrogen-bond donors (Lipinski definition) is 0. The largest absolute Gasteiger partial charge is 0.456 e. The Bertz CT molecular complexity index is 2950. The third-order valence-electron chi connectivity index (χ3n) is 10.1. The molecule has 0 aliphatic rings. The van der Waals surface area contributed by atoms with Crippen LogP contribution in [-0.2, 0) is 0 Å². The van der Waals surface area contributed by atoms with Crippen molar-refractivity contribution < 1.29 is 4.42 Å². The Morgan fingerprint density at radius 1 is 0.438 bits per heavy atom. The highest BCUT2D eigenvalue weighted by molar-refractivity contribution is 6.33. The zero-order valence-electron chi connectivity index (χ0n) is 25.8. The van der Waals surface area contributed by atoms with Crippen molar-refractivity contribution in [2.45, 2.75) is 0 Å². The van der Waals surface area contributed by atoms with Gasteiger partial charge in [0.2, 0.25) is 0 Å². The molecule has 0 N–H and O–H groups in total. The van der Waals surface area contributed by atoms with Gasteiger partial charge in [0.15, 0.2) is 0 Å². The summed E-state index contributed by atoms with van der Waals surface area (Å²) in [5, 5.41) is 11.9. The SMILES string of the molecule is c1ccc(-c2nc(-c3ccc(-n4c5ccc6cccc7oc8cccc9ccc4c(c98)c5c67)c4ccccc34)cc3ccccc23)cc1. The van der Waals surface area contributed by atoms with E-state index in [0.29, 0.717) is 0 Å². The van der Waals surface area contributed by atoms with Crippen LogP contribution in [0.15, 0.2) is 162 Å². The second kappa shape index (κ2) is 9.54. The van der Waals surface area contributed by atoms with Gasteiger partial charge in [0, 0.05) is 43.4 Å². The van der Waals surface area contributed by atoms with Crippen molar-refractivity contribution in [3.05, 3.63) is 158 Å². The van der Waals surface area contributed by atoms with Gasteiger partial charge in [-0.1, -0.05) is 121 Å². The lowest BCUT2D eigenvalue weighted by Crippen LogP contribution is -1.97. The molecule has 8 aromatic carbocycles. The summed E-state index contributed by atoms with van der Waals surface area (Å²) in [6, 6.07) is 56.4. The molecule has 0 bridgehead atoms. The van der Waals surface area contributed by atoms with Crippen molar-refractivity contribution in [3.63, 3.8) is 0 Å². The second-order valence-corrected chi connectivity index (χ2v) is 12.7. The molecule has 3 heterocycles. The zero-order chi connectivity index (χ0) is 31.3. The summed E-state index contributed by atoms with van der Waals surface area (Å²) >= 11 is 0. The normalized spacial score (nSPS) is 12.2. The molecule has 0 saturated heterocycles. The van der Waals surface area contributed by atoms with Gasteiger partial charge in [0.05, 0.1) is 28.1 Å². The molecule has 0 amide bonds. The summed E-state index contributed by atoms with van der Waals surface area (Å²) in [4.78, 5) is 5.35. The molecule has 48 heavy (non-hydrogen) atoms. The summed E-state index contributed by atoms with van der Waals surface area (Å²) in [7, 11) is 0. The standard InChI is InChI=1S/C45H26N2O/c1-2-10-29(11-3-1)45-31-15-5-4-12-30(31)26-35(46-45)33-22-25-36(34-17-7-6-16-32(33)34)47-37-23-20-27-13-8-18-39-41(27)43(37)44-38(47)24-21-28-14-9-19-40(48-39)42(28)44/h1-26H. The van der Waals surface area contributed by atoms with E-state index in [1.807, 2.05) is 0 Å². The van der Waals surface area contributed by atoms with Crippen LogP contribution in [0, 0.1) is 0 Å². The van der Waals surface area contributed by atoms with Gasteiger partial charge >= 0.3 is 0 Å². The van der Waals surface area contributed by atoms with Crippen molar-refractivity contribution in [1.82, 2.24) is 9.55 Å². The molecule has 11 aromatic rings. The van der Waals surface area contributed by atoms with Crippen molar-refractivity contribution in [1.29, 1.82) is 0 Å². The van der Waals surface area contributed by atoms with E-state index in [9.17, 15) is 0 Å². The molecule has 11 rings (SSSR count). The number of hydrogen-bond acceptors (Lipinski definition) is 2. The van der Waals surface area contributed by atoms with Gasteiger partial charge < -0.3 is 8.98 Å². The van der Waals surface area contributed by atoms with Gasteiger partial charge in [-0.05, 0) is 57.9 Å². The molecule has 222 valence electrons. The third-order valence-corrected chi connectivity index (χ3v) is 10.1. The van der Waals surface area contributed by atoms with E-state index < -0.39 is 0 Å². The van der Waals surface area contributed by atoms with E-state index >= 15 is 0 Å². The Hall–Kier alpha value is -6.45.